The molecule has 1 rings (SSSR count). The summed E-state index contributed by atoms with van der Waals surface area (Å²) in [5.74, 6) is -3.88. The molecule has 0 heterocycles. The van der Waals surface area contributed by atoms with Crippen molar-refractivity contribution < 1.29 is 22.4 Å². The van der Waals surface area contributed by atoms with E-state index in [9.17, 15) is 22.4 Å². The maximum absolute atomic E-state index is 12.9. The highest BCUT2D eigenvalue weighted by molar-refractivity contribution is 5.94. The predicted octanol–water partition coefficient (Wildman–Crippen LogP) is 3.11. The lowest BCUT2D eigenvalue weighted by molar-refractivity contribution is 0.101. The number of Topliss-reactive ketones (excluding diaryl/α,β-unsaturated/α-hetero) is 1. The Morgan fingerprint density at radius 1 is 1.21 bits per heavy atom. The first kappa shape index (κ1) is 10.7. The molecule has 0 aliphatic heterocycles. The summed E-state index contributed by atoms with van der Waals surface area (Å²) in [5.41, 5.74) is -1.56. The summed E-state index contributed by atoms with van der Waals surface area (Å²) in [6, 6.07) is 1.56. The lowest BCUT2D eigenvalue weighted by Crippen LogP contribution is -2.03. The maximum atomic E-state index is 12.9. The van der Waals surface area contributed by atoms with E-state index in [1.807, 2.05) is 0 Å². The zero-order valence-electron chi connectivity index (χ0n) is 7.15. The van der Waals surface area contributed by atoms with Gasteiger partial charge in [0.2, 0.25) is 0 Å². The minimum absolute atomic E-state index is 0.521. The molecule has 0 aliphatic carbocycles. The number of hydrogen-bond acceptors (Lipinski definition) is 1. The third-order valence-corrected chi connectivity index (χ3v) is 1.73. The molecular formula is C9H6F4O. The highest BCUT2D eigenvalue weighted by atomic mass is 19.3. The van der Waals surface area contributed by atoms with E-state index in [0.29, 0.717) is 6.07 Å². The van der Waals surface area contributed by atoms with Crippen LogP contribution in [0.2, 0.25) is 0 Å². The fourth-order valence-electron chi connectivity index (χ4n) is 1.00. The van der Waals surface area contributed by atoms with Gasteiger partial charge in [-0.3, -0.25) is 4.79 Å². The van der Waals surface area contributed by atoms with Crippen LogP contribution in [0, 0.1) is 11.6 Å². The molecule has 0 unspecified atom stereocenters. The molecule has 0 radical (unpaired) electrons. The molecule has 1 aromatic carbocycles. The molecular weight excluding hydrogens is 200 g/mol. The number of rotatable bonds is 2. The number of carbonyl (C=O) groups is 1. The summed E-state index contributed by atoms with van der Waals surface area (Å²) in [6.07, 6.45) is -3.09. The topological polar surface area (TPSA) is 17.1 Å². The molecule has 0 saturated heterocycles. The lowest BCUT2D eigenvalue weighted by Gasteiger charge is -2.05. The van der Waals surface area contributed by atoms with Crippen LogP contribution in [0.5, 0.6) is 0 Å². The minimum Gasteiger partial charge on any atom is -0.294 e. The highest BCUT2D eigenvalue weighted by Crippen LogP contribution is 2.25. The van der Waals surface area contributed by atoms with Crippen LogP contribution in [0.1, 0.15) is 29.3 Å². The van der Waals surface area contributed by atoms with Crippen molar-refractivity contribution in [3.63, 3.8) is 0 Å². The molecule has 1 aromatic rings. The van der Waals surface area contributed by atoms with Gasteiger partial charge in [0.25, 0.3) is 6.43 Å². The van der Waals surface area contributed by atoms with Crippen LogP contribution >= 0.6 is 0 Å². The van der Waals surface area contributed by atoms with Gasteiger partial charge in [-0.2, -0.15) is 0 Å². The molecule has 14 heavy (non-hydrogen) atoms. The Balaban J connectivity index is 3.33. The van der Waals surface area contributed by atoms with Crippen LogP contribution in [0.4, 0.5) is 17.6 Å². The second-order valence-corrected chi connectivity index (χ2v) is 2.69. The van der Waals surface area contributed by atoms with Gasteiger partial charge < -0.3 is 0 Å². The molecule has 76 valence electrons. The first-order valence-corrected chi connectivity index (χ1v) is 3.72. The van der Waals surface area contributed by atoms with Gasteiger partial charge in [-0.25, -0.2) is 17.6 Å². The van der Waals surface area contributed by atoms with E-state index >= 15 is 0 Å². The Morgan fingerprint density at radius 2 is 1.79 bits per heavy atom. The standard InChI is InChI=1S/C9H6F4O/c1-4(14)5-2-3-6(9(12)13)8(11)7(5)10/h2-3,9H,1H3. The van der Waals surface area contributed by atoms with Gasteiger partial charge in [0, 0.05) is 0 Å². The van der Waals surface area contributed by atoms with E-state index in [0.717, 1.165) is 13.0 Å². The molecule has 0 aliphatic rings. The number of halogens is 4. The van der Waals surface area contributed by atoms with Crippen LogP contribution in [-0.2, 0) is 0 Å². The van der Waals surface area contributed by atoms with Gasteiger partial charge in [0.05, 0.1) is 11.1 Å². The fourth-order valence-corrected chi connectivity index (χ4v) is 1.00. The van der Waals surface area contributed by atoms with Crippen molar-refractivity contribution in [2.75, 3.05) is 0 Å². The molecule has 0 spiro atoms. The van der Waals surface area contributed by atoms with E-state index in [4.69, 9.17) is 0 Å². The van der Waals surface area contributed by atoms with Gasteiger partial charge in [0.15, 0.2) is 17.4 Å². The number of carbonyl (C=O) groups excluding carboxylic acids is 1. The smallest absolute Gasteiger partial charge is 0.266 e. The third kappa shape index (κ3) is 1.76. The second-order valence-electron chi connectivity index (χ2n) is 2.69. The normalized spacial score (nSPS) is 10.7. The number of alkyl halides is 2. The summed E-state index contributed by atoms with van der Waals surface area (Å²) in [4.78, 5) is 10.7. The predicted molar refractivity (Wildman–Crippen MR) is 41.3 cm³/mol. The molecule has 0 fully saturated rings. The first-order chi connectivity index (χ1) is 6.45. The first-order valence-electron chi connectivity index (χ1n) is 3.72. The zero-order chi connectivity index (χ0) is 10.9. The number of ketones is 1. The quantitative estimate of drug-likeness (QED) is 0.536. The van der Waals surface area contributed by atoms with E-state index in [1.54, 1.807) is 0 Å². The zero-order valence-corrected chi connectivity index (χ0v) is 7.15. The van der Waals surface area contributed by atoms with Crippen molar-refractivity contribution in [2.45, 2.75) is 13.3 Å². The molecule has 5 heteroatoms. The molecule has 0 N–H and O–H groups in total. The van der Waals surface area contributed by atoms with Crippen molar-refractivity contribution in [3.8, 4) is 0 Å². The van der Waals surface area contributed by atoms with Gasteiger partial charge in [-0.05, 0) is 19.1 Å². The van der Waals surface area contributed by atoms with Gasteiger partial charge in [0.1, 0.15) is 0 Å². The molecule has 1 nitrogen and oxygen atoms in total. The SMILES string of the molecule is CC(=O)c1ccc(C(F)F)c(F)c1F. The Labute approximate surface area is 77.3 Å². The van der Waals surface area contributed by atoms with Gasteiger partial charge >= 0.3 is 0 Å². The number of hydrogen-bond donors (Lipinski definition) is 0. The third-order valence-electron chi connectivity index (χ3n) is 1.73. The largest absolute Gasteiger partial charge is 0.294 e. The van der Waals surface area contributed by atoms with E-state index < -0.39 is 35.0 Å². The highest BCUT2D eigenvalue weighted by Gasteiger charge is 2.20. The second kappa shape index (κ2) is 3.77. The summed E-state index contributed by atoms with van der Waals surface area (Å²) < 4.78 is 49.9. The maximum Gasteiger partial charge on any atom is 0.266 e. The average Bonchev–Trinajstić information content (AvgIpc) is 2.08. The van der Waals surface area contributed by atoms with Crippen molar-refractivity contribution in [1.29, 1.82) is 0 Å². The lowest BCUT2D eigenvalue weighted by atomic mass is 10.1. The monoisotopic (exact) mass is 206 g/mol. The van der Waals surface area contributed by atoms with Crippen LogP contribution in [0.25, 0.3) is 0 Å². The summed E-state index contributed by atoms with van der Waals surface area (Å²) in [6.45, 7) is 1.03. The molecule has 0 atom stereocenters. The summed E-state index contributed by atoms with van der Waals surface area (Å²) in [7, 11) is 0. The van der Waals surface area contributed by atoms with E-state index in [-0.39, 0.29) is 0 Å². The summed E-state index contributed by atoms with van der Waals surface area (Å²) in [5, 5.41) is 0. The summed E-state index contributed by atoms with van der Waals surface area (Å²) >= 11 is 0. The average molecular weight is 206 g/mol. The van der Waals surface area contributed by atoms with Crippen molar-refractivity contribution in [2.24, 2.45) is 0 Å². The Bertz CT molecular complexity index is 373. The Hall–Kier alpha value is -1.39. The Morgan fingerprint density at radius 3 is 2.21 bits per heavy atom. The van der Waals surface area contributed by atoms with Crippen LogP contribution in [-0.4, -0.2) is 5.78 Å². The van der Waals surface area contributed by atoms with Crippen molar-refractivity contribution in [1.82, 2.24) is 0 Å². The molecule has 0 aromatic heterocycles. The van der Waals surface area contributed by atoms with Crippen molar-refractivity contribution >= 4 is 5.78 Å². The molecule has 0 bridgehead atoms. The minimum atomic E-state index is -3.09. The van der Waals surface area contributed by atoms with Crippen molar-refractivity contribution in [3.05, 3.63) is 34.9 Å². The Kier molecular flexibility index (Phi) is 2.88. The van der Waals surface area contributed by atoms with Gasteiger partial charge in [-0.1, -0.05) is 0 Å². The van der Waals surface area contributed by atoms with Gasteiger partial charge in [-0.15, -0.1) is 0 Å². The van der Waals surface area contributed by atoms with Crippen LogP contribution < -0.4 is 0 Å². The van der Waals surface area contributed by atoms with E-state index in [2.05, 4.69) is 0 Å². The molecule has 0 saturated carbocycles. The van der Waals surface area contributed by atoms with Crippen LogP contribution in [0.15, 0.2) is 12.1 Å². The van der Waals surface area contributed by atoms with E-state index in [1.165, 1.54) is 0 Å². The van der Waals surface area contributed by atoms with Crippen LogP contribution in [0.3, 0.4) is 0 Å². The molecule has 0 amide bonds. The fraction of sp³-hybridized carbons (Fsp3) is 0.222. The number of benzene rings is 1.